The Balaban J connectivity index is 1.56. The van der Waals surface area contributed by atoms with Crippen molar-refractivity contribution >= 4 is 11.6 Å². The van der Waals surface area contributed by atoms with Gasteiger partial charge in [0, 0.05) is 38.8 Å². The molecule has 0 bridgehead atoms. The number of anilines is 1. The smallest absolute Gasteiger partial charge is 0.236 e. The summed E-state index contributed by atoms with van der Waals surface area (Å²) in [5.74, 6) is -0.0565. The molecule has 2 aromatic carbocycles. The number of carbonyl (C=O) groups excluding carboxylic acids is 1. The highest BCUT2D eigenvalue weighted by atomic mass is 19.1. The molecule has 0 radical (unpaired) electrons. The fraction of sp³-hybridized carbons (Fsp3) is 0.409. The minimum atomic E-state index is -0.203. The van der Waals surface area contributed by atoms with Crippen LogP contribution in [0.1, 0.15) is 19.4 Å². The van der Waals surface area contributed by atoms with Gasteiger partial charge in [0.05, 0.1) is 12.2 Å². The molecule has 1 saturated heterocycles. The SMILES string of the molecule is CC(C)N(CC(=O)N1CCN(c2ccccc2F)CC1)Cc1ccccc1. The Labute approximate surface area is 161 Å². The van der Waals surface area contributed by atoms with Crippen LogP contribution in [0.2, 0.25) is 0 Å². The molecule has 0 unspecified atom stereocenters. The number of benzene rings is 2. The second kappa shape index (κ2) is 9.00. The first-order valence-corrected chi connectivity index (χ1v) is 9.60. The minimum Gasteiger partial charge on any atom is -0.366 e. The van der Waals surface area contributed by atoms with Crippen LogP contribution in [0, 0.1) is 5.82 Å². The zero-order valence-electron chi connectivity index (χ0n) is 16.1. The van der Waals surface area contributed by atoms with E-state index in [2.05, 4.69) is 30.9 Å². The average Bonchev–Trinajstić information content (AvgIpc) is 2.68. The molecule has 5 heteroatoms. The number of amides is 1. The molecular weight excluding hydrogens is 341 g/mol. The zero-order chi connectivity index (χ0) is 19.2. The fourth-order valence-corrected chi connectivity index (χ4v) is 3.42. The summed E-state index contributed by atoms with van der Waals surface area (Å²) in [6.07, 6.45) is 0. The predicted octanol–water partition coefficient (Wildman–Crippen LogP) is 3.38. The summed E-state index contributed by atoms with van der Waals surface area (Å²) in [5, 5.41) is 0. The van der Waals surface area contributed by atoms with E-state index in [1.807, 2.05) is 34.1 Å². The fourth-order valence-electron chi connectivity index (χ4n) is 3.42. The monoisotopic (exact) mass is 369 g/mol. The molecule has 0 atom stereocenters. The van der Waals surface area contributed by atoms with Crippen LogP contribution in [0.4, 0.5) is 10.1 Å². The third-order valence-electron chi connectivity index (χ3n) is 5.12. The highest BCUT2D eigenvalue weighted by Gasteiger charge is 2.24. The Morgan fingerprint density at radius 3 is 2.26 bits per heavy atom. The lowest BCUT2D eigenvalue weighted by molar-refractivity contribution is -0.133. The van der Waals surface area contributed by atoms with E-state index in [-0.39, 0.29) is 17.8 Å². The minimum absolute atomic E-state index is 0.146. The third-order valence-corrected chi connectivity index (χ3v) is 5.12. The lowest BCUT2D eigenvalue weighted by atomic mass is 10.2. The summed E-state index contributed by atoms with van der Waals surface area (Å²) in [6, 6.07) is 17.4. The van der Waals surface area contributed by atoms with E-state index in [9.17, 15) is 9.18 Å². The van der Waals surface area contributed by atoms with Gasteiger partial charge in [0.2, 0.25) is 5.91 Å². The van der Waals surface area contributed by atoms with Crippen molar-refractivity contribution in [3.05, 3.63) is 66.0 Å². The summed E-state index contributed by atoms with van der Waals surface area (Å²) in [7, 11) is 0. The number of halogens is 1. The Bertz CT molecular complexity index is 742. The van der Waals surface area contributed by atoms with Gasteiger partial charge < -0.3 is 9.80 Å². The molecule has 0 saturated carbocycles. The lowest BCUT2D eigenvalue weighted by Gasteiger charge is -2.37. The van der Waals surface area contributed by atoms with E-state index in [4.69, 9.17) is 0 Å². The van der Waals surface area contributed by atoms with Gasteiger partial charge in [-0.3, -0.25) is 9.69 Å². The van der Waals surface area contributed by atoms with Crippen molar-refractivity contribution in [2.24, 2.45) is 0 Å². The van der Waals surface area contributed by atoms with Gasteiger partial charge in [-0.25, -0.2) is 4.39 Å². The average molecular weight is 369 g/mol. The normalized spacial score (nSPS) is 14.9. The van der Waals surface area contributed by atoms with Gasteiger partial charge in [-0.15, -0.1) is 0 Å². The maximum Gasteiger partial charge on any atom is 0.236 e. The number of piperazine rings is 1. The Morgan fingerprint density at radius 2 is 1.63 bits per heavy atom. The van der Waals surface area contributed by atoms with Gasteiger partial charge in [-0.05, 0) is 31.5 Å². The van der Waals surface area contributed by atoms with Crippen molar-refractivity contribution in [2.75, 3.05) is 37.6 Å². The maximum atomic E-state index is 14.0. The van der Waals surface area contributed by atoms with Gasteiger partial charge in [-0.2, -0.15) is 0 Å². The molecule has 144 valence electrons. The molecule has 1 heterocycles. The van der Waals surface area contributed by atoms with E-state index < -0.39 is 0 Å². The highest BCUT2D eigenvalue weighted by Crippen LogP contribution is 2.20. The molecule has 1 aliphatic heterocycles. The number of carbonyl (C=O) groups is 1. The summed E-state index contributed by atoms with van der Waals surface area (Å²) < 4.78 is 14.0. The van der Waals surface area contributed by atoms with E-state index >= 15 is 0 Å². The quantitative estimate of drug-likeness (QED) is 0.781. The van der Waals surface area contributed by atoms with Crippen molar-refractivity contribution in [3.63, 3.8) is 0 Å². The first kappa shape index (κ1) is 19.4. The van der Waals surface area contributed by atoms with Crippen molar-refractivity contribution in [2.45, 2.75) is 26.4 Å². The van der Waals surface area contributed by atoms with Gasteiger partial charge in [0.1, 0.15) is 5.82 Å². The second-order valence-corrected chi connectivity index (χ2v) is 7.30. The number of para-hydroxylation sites is 1. The van der Waals surface area contributed by atoms with Crippen LogP contribution in [-0.2, 0) is 11.3 Å². The summed E-state index contributed by atoms with van der Waals surface area (Å²) in [5.41, 5.74) is 1.83. The van der Waals surface area contributed by atoms with Crippen LogP contribution < -0.4 is 4.90 Å². The molecule has 0 aromatic heterocycles. The molecule has 1 aliphatic rings. The molecule has 2 aromatic rings. The van der Waals surface area contributed by atoms with Crippen molar-refractivity contribution in [1.29, 1.82) is 0 Å². The second-order valence-electron chi connectivity index (χ2n) is 7.30. The number of hydrogen-bond acceptors (Lipinski definition) is 3. The van der Waals surface area contributed by atoms with Crippen LogP contribution in [0.3, 0.4) is 0 Å². The molecule has 0 spiro atoms. The van der Waals surface area contributed by atoms with E-state index in [1.165, 1.54) is 11.6 Å². The summed E-state index contributed by atoms with van der Waals surface area (Å²) in [4.78, 5) is 18.9. The number of hydrogen-bond donors (Lipinski definition) is 0. The molecule has 4 nitrogen and oxygen atoms in total. The number of rotatable bonds is 6. The van der Waals surface area contributed by atoms with Crippen molar-refractivity contribution in [1.82, 2.24) is 9.80 Å². The molecule has 1 fully saturated rings. The molecule has 27 heavy (non-hydrogen) atoms. The topological polar surface area (TPSA) is 26.8 Å². The standard InChI is InChI=1S/C22H28FN3O/c1-18(2)26(16-19-8-4-3-5-9-19)17-22(27)25-14-12-24(13-15-25)21-11-7-6-10-20(21)23/h3-11,18H,12-17H2,1-2H3. The van der Waals surface area contributed by atoms with Crippen LogP contribution in [-0.4, -0.2) is 54.5 Å². The predicted molar refractivity (Wildman–Crippen MR) is 107 cm³/mol. The van der Waals surface area contributed by atoms with Crippen LogP contribution in [0.5, 0.6) is 0 Å². The van der Waals surface area contributed by atoms with Gasteiger partial charge in [0.25, 0.3) is 0 Å². The maximum absolute atomic E-state index is 14.0. The first-order valence-electron chi connectivity index (χ1n) is 9.60. The zero-order valence-corrected chi connectivity index (χ0v) is 16.1. The molecule has 3 rings (SSSR count). The van der Waals surface area contributed by atoms with Crippen LogP contribution in [0.25, 0.3) is 0 Å². The van der Waals surface area contributed by atoms with Gasteiger partial charge in [0.15, 0.2) is 0 Å². The molecular formula is C22H28FN3O. The van der Waals surface area contributed by atoms with Gasteiger partial charge >= 0.3 is 0 Å². The van der Waals surface area contributed by atoms with E-state index in [1.54, 1.807) is 12.1 Å². The van der Waals surface area contributed by atoms with Crippen molar-refractivity contribution in [3.8, 4) is 0 Å². The summed E-state index contributed by atoms with van der Waals surface area (Å²) >= 11 is 0. The van der Waals surface area contributed by atoms with E-state index in [0.717, 1.165) is 6.54 Å². The van der Waals surface area contributed by atoms with E-state index in [0.29, 0.717) is 38.4 Å². The lowest BCUT2D eigenvalue weighted by Crippen LogP contribution is -2.52. The van der Waals surface area contributed by atoms with Crippen LogP contribution >= 0.6 is 0 Å². The van der Waals surface area contributed by atoms with Gasteiger partial charge in [-0.1, -0.05) is 42.5 Å². The Kier molecular flexibility index (Phi) is 6.45. The van der Waals surface area contributed by atoms with Crippen molar-refractivity contribution < 1.29 is 9.18 Å². The third kappa shape index (κ3) is 5.07. The highest BCUT2D eigenvalue weighted by molar-refractivity contribution is 5.78. The Morgan fingerprint density at radius 1 is 1.00 bits per heavy atom. The molecule has 0 N–H and O–H groups in total. The Hall–Kier alpha value is -2.40. The largest absolute Gasteiger partial charge is 0.366 e. The molecule has 0 aliphatic carbocycles. The number of nitrogens with zero attached hydrogens (tertiary/aromatic N) is 3. The summed E-state index contributed by atoms with van der Waals surface area (Å²) in [6.45, 7) is 7.99. The molecule has 1 amide bonds. The first-order chi connectivity index (χ1) is 13.0. The van der Waals surface area contributed by atoms with Crippen LogP contribution in [0.15, 0.2) is 54.6 Å².